The Kier molecular flexibility index (Phi) is 5.36. The Balaban J connectivity index is 1.43. The first-order chi connectivity index (χ1) is 15.5. The van der Waals surface area contributed by atoms with E-state index in [2.05, 4.69) is 28.6 Å². The highest BCUT2D eigenvalue weighted by molar-refractivity contribution is 5.80. The van der Waals surface area contributed by atoms with Crippen LogP contribution in [0.4, 0.5) is 0 Å². The largest absolute Gasteiger partial charge is 0.420 e. The fraction of sp³-hybridized carbons (Fsp3) is 0.565. The highest BCUT2D eigenvalue weighted by atomic mass is 16.5. The van der Waals surface area contributed by atoms with Crippen molar-refractivity contribution in [2.45, 2.75) is 45.7 Å². The van der Waals surface area contributed by atoms with Crippen molar-refractivity contribution in [1.82, 2.24) is 24.2 Å². The van der Waals surface area contributed by atoms with Crippen molar-refractivity contribution < 1.29 is 13.9 Å². The molecule has 2 aromatic heterocycles. The van der Waals surface area contributed by atoms with Gasteiger partial charge < -0.3 is 18.6 Å². The Morgan fingerprint density at radius 1 is 1.25 bits per heavy atom. The van der Waals surface area contributed by atoms with Crippen molar-refractivity contribution in [2.75, 3.05) is 26.3 Å². The quantitative estimate of drug-likeness (QED) is 0.605. The van der Waals surface area contributed by atoms with Gasteiger partial charge in [-0.15, -0.1) is 10.2 Å². The van der Waals surface area contributed by atoms with Gasteiger partial charge in [0.1, 0.15) is 18.7 Å². The van der Waals surface area contributed by atoms with E-state index in [1.807, 2.05) is 17.0 Å². The molecule has 0 saturated carbocycles. The van der Waals surface area contributed by atoms with Crippen LogP contribution in [0.3, 0.4) is 0 Å². The monoisotopic (exact) mass is 439 g/mol. The van der Waals surface area contributed by atoms with Gasteiger partial charge in [0, 0.05) is 44.2 Å². The molecule has 1 spiro atoms. The van der Waals surface area contributed by atoms with Gasteiger partial charge in [0.2, 0.25) is 5.91 Å². The molecule has 9 nitrogen and oxygen atoms in total. The van der Waals surface area contributed by atoms with Crippen LogP contribution < -0.4 is 5.76 Å². The maximum Gasteiger partial charge on any atom is 0.420 e. The van der Waals surface area contributed by atoms with Gasteiger partial charge >= 0.3 is 5.76 Å². The van der Waals surface area contributed by atoms with Crippen molar-refractivity contribution in [3.8, 4) is 0 Å². The van der Waals surface area contributed by atoms with Crippen molar-refractivity contribution in [3.05, 3.63) is 47.0 Å². The predicted octanol–water partition coefficient (Wildman–Crippen LogP) is 2.26. The van der Waals surface area contributed by atoms with Crippen LogP contribution >= 0.6 is 0 Å². The molecule has 5 rings (SSSR count). The smallest absolute Gasteiger partial charge is 0.408 e. The lowest BCUT2D eigenvalue weighted by atomic mass is 9.71. The van der Waals surface area contributed by atoms with Crippen LogP contribution in [0.1, 0.15) is 38.4 Å². The first-order valence-corrected chi connectivity index (χ1v) is 11.3. The SMILES string of the molecule is CC(C)Cn1cnnc1C1CN(C(=O)Cn2c(=O)oc3ccccc32)CC12CCOCC2. The number of ether oxygens (including phenoxy) is 1. The molecule has 2 fully saturated rings. The molecule has 1 unspecified atom stereocenters. The topological polar surface area (TPSA) is 95.4 Å². The normalized spacial score (nSPS) is 20.6. The molecule has 2 aliphatic heterocycles. The van der Waals surface area contributed by atoms with E-state index in [0.29, 0.717) is 43.3 Å². The number of aromatic nitrogens is 4. The second kappa shape index (κ2) is 8.20. The summed E-state index contributed by atoms with van der Waals surface area (Å²) in [6, 6.07) is 7.18. The average Bonchev–Trinajstić information content (AvgIpc) is 3.45. The van der Waals surface area contributed by atoms with Gasteiger partial charge in [-0.25, -0.2) is 4.79 Å². The molecule has 0 aliphatic carbocycles. The average molecular weight is 440 g/mol. The molecular formula is C23H29N5O4. The molecule has 0 radical (unpaired) electrons. The molecule has 4 heterocycles. The Labute approximate surface area is 186 Å². The van der Waals surface area contributed by atoms with E-state index in [0.717, 1.165) is 25.2 Å². The fourth-order valence-corrected chi connectivity index (χ4v) is 5.27. The van der Waals surface area contributed by atoms with Gasteiger partial charge in [-0.1, -0.05) is 26.0 Å². The van der Waals surface area contributed by atoms with E-state index in [1.165, 1.54) is 4.57 Å². The van der Waals surface area contributed by atoms with Crippen LogP contribution in [0.2, 0.25) is 0 Å². The first-order valence-electron chi connectivity index (χ1n) is 11.3. The number of likely N-dealkylation sites (tertiary alicyclic amines) is 1. The molecule has 0 N–H and O–H groups in total. The Hall–Kier alpha value is -2.94. The van der Waals surface area contributed by atoms with Crippen LogP contribution in [0.15, 0.2) is 39.8 Å². The number of amides is 1. The van der Waals surface area contributed by atoms with Crippen LogP contribution in [-0.2, 0) is 22.6 Å². The second-order valence-corrected chi connectivity index (χ2v) is 9.46. The summed E-state index contributed by atoms with van der Waals surface area (Å²) in [5.74, 6) is 0.918. The number of hydrogen-bond acceptors (Lipinski definition) is 6. The van der Waals surface area contributed by atoms with Crippen LogP contribution in [0.25, 0.3) is 11.1 Å². The highest BCUT2D eigenvalue weighted by Gasteiger charge is 2.51. The number of carbonyl (C=O) groups excluding carboxylic acids is 1. The van der Waals surface area contributed by atoms with Crippen LogP contribution in [-0.4, -0.2) is 56.4 Å². The van der Waals surface area contributed by atoms with Crippen molar-refractivity contribution in [1.29, 1.82) is 0 Å². The summed E-state index contributed by atoms with van der Waals surface area (Å²) in [7, 11) is 0. The summed E-state index contributed by atoms with van der Waals surface area (Å²) in [6.45, 7) is 7.73. The van der Waals surface area contributed by atoms with E-state index in [1.54, 1.807) is 18.5 Å². The van der Waals surface area contributed by atoms with Crippen molar-refractivity contribution in [2.24, 2.45) is 11.3 Å². The predicted molar refractivity (Wildman–Crippen MR) is 117 cm³/mol. The van der Waals surface area contributed by atoms with Gasteiger partial charge in [0.15, 0.2) is 5.58 Å². The van der Waals surface area contributed by atoms with E-state index in [-0.39, 0.29) is 23.8 Å². The van der Waals surface area contributed by atoms with Gasteiger partial charge in [0.05, 0.1) is 5.52 Å². The zero-order valence-corrected chi connectivity index (χ0v) is 18.6. The molecule has 2 saturated heterocycles. The second-order valence-electron chi connectivity index (χ2n) is 9.46. The van der Waals surface area contributed by atoms with Crippen LogP contribution in [0, 0.1) is 11.3 Å². The zero-order valence-electron chi connectivity index (χ0n) is 18.6. The molecule has 3 aromatic rings. The number of nitrogens with zero attached hydrogens (tertiary/aromatic N) is 5. The molecule has 0 bridgehead atoms. The summed E-state index contributed by atoms with van der Waals surface area (Å²) in [6.07, 6.45) is 3.55. The maximum absolute atomic E-state index is 13.4. The lowest BCUT2D eigenvalue weighted by molar-refractivity contribution is -0.131. The standard InChI is InChI=1S/C23H29N5O4/c1-16(2)11-27-15-24-25-21(27)17-12-26(14-23(17)7-9-31-10-8-23)20(29)13-28-18-5-3-4-6-19(18)32-22(28)30/h3-6,15-17H,7-14H2,1-2H3. The Bertz CT molecular complexity index is 1170. The van der Waals surface area contributed by atoms with Gasteiger partial charge in [-0.2, -0.15) is 0 Å². The minimum absolute atomic E-state index is 0.0339. The third-order valence-electron chi connectivity index (χ3n) is 6.88. The summed E-state index contributed by atoms with van der Waals surface area (Å²) >= 11 is 0. The third kappa shape index (κ3) is 3.64. The lowest BCUT2D eigenvalue weighted by Gasteiger charge is -2.37. The number of oxazole rings is 1. The zero-order chi connectivity index (χ0) is 22.3. The van der Waals surface area contributed by atoms with E-state index < -0.39 is 5.76 Å². The Morgan fingerprint density at radius 3 is 2.81 bits per heavy atom. The molecule has 9 heteroatoms. The molecule has 1 aromatic carbocycles. The van der Waals surface area contributed by atoms with Gasteiger partial charge in [0.25, 0.3) is 0 Å². The lowest BCUT2D eigenvalue weighted by Crippen LogP contribution is -2.39. The number of benzene rings is 1. The molecule has 1 amide bonds. The molecular weight excluding hydrogens is 410 g/mol. The molecule has 2 aliphatic rings. The fourth-order valence-electron chi connectivity index (χ4n) is 5.27. The molecule has 32 heavy (non-hydrogen) atoms. The van der Waals surface area contributed by atoms with E-state index >= 15 is 0 Å². The number of para-hydroxylation sites is 2. The summed E-state index contributed by atoms with van der Waals surface area (Å²) < 4.78 is 14.5. The van der Waals surface area contributed by atoms with Crippen molar-refractivity contribution >= 4 is 17.0 Å². The minimum atomic E-state index is -0.507. The number of carbonyl (C=O) groups is 1. The Morgan fingerprint density at radius 2 is 2.03 bits per heavy atom. The first kappa shape index (κ1) is 20.9. The number of fused-ring (bicyclic) bond motifs is 1. The molecule has 1 atom stereocenters. The number of rotatable bonds is 5. The third-order valence-corrected chi connectivity index (χ3v) is 6.88. The van der Waals surface area contributed by atoms with E-state index in [4.69, 9.17) is 9.15 Å². The number of hydrogen-bond donors (Lipinski definition) is 0. The van der Waals surface area contributed by atoms with E-state index in [9.17, 15) is 9.59 Å². The van der Waals surface area contributed by atoms with Gasteiger partial charge in [-0.3, -0.25) is 9.36 Å². The highest BCUT2D eigenvalue weighted by Crippen LogP contribution is 2.49. The minimum Gasteiger partial charge on any atom is -0.408 e. The molecule has 170 valence electrons. The summed E-state index contributed by atoms with van der Waals surface area (Å²) in [5.41, 5.74) is 1.05. The van der Waals surface area contributed by atoms with Gasteiger partial charge in [-0.05, 0) is 30.9 Å². The summed E-state index contributed by atoms with van der Waals surface area (Å²) in [4.78, 5) is 27.6. The summed E-state index contributed by atoms with van der Waals surface area (Å²) in [5, 5.41) is 8.68. The van der Waals surface area contributed by atoms with Crippen molar-refractivity contribution in [3.63, 3.8) is 0 Å². The van der Waals surface area contributed by atoms with Crippen LogP contribution in [0.5, 0.6) is 0 Å². The maximum atomic E-state index is 13.4.